The molecule has 0 radical (unpaired) electrons. The molecule has 15 nitrogen and oxygen atoms in total. The minimum Gasteiger partial charge on any atom is -0.352 e. The van der Waals surface area contributed by atoms with Gasteiger partial charge in [0.05, 0.1) is 29.9 Å². The van der Waals surface area contributed by atoms with E-state index in [4.69, 9.17) is 5.10 Å². The monoisotopic (exact) mass is 714 g/mol. The summed E-state index contributed by atoms with van der Waals surface area (Å²) in [7, 11) is 0. The highest BCUT2D eigenvalue weighted by atomic mass is 32.1. The molecule has 262 valence electrons. The van der Waals surface area contributed by atoms with Crippen molar-refractivity contribution in [2.24, 2.45) is 0 Å². The van der Waals surface area contributed by atoms with Gasteiger partial charge in [-0.2, -0.15) is 0 Å². The van der Waals surface area contributed by atoms with Crippen molar-refractivity contribution in [3.63, 3.8) is 0 Å². The smallest absolute Gasteiger partial charge is 0.308 e. The number of aryl methyl sites for hydroxylation is 3. The number of amides is 2. The Labute approximate surface area is 294 Å². The molecule has 6 aromatic heterocycles. The van der Waals surface area contributed by atoms with Gasteiger partial charge in [0.2, 0.25) is 0 Å². The summed E-state index contributed by atoms with van der Waals surface area (Å²) in [5.41, 5.74) is 3.00. The van der Waals surface area contributed by atoms with Crippen LogP contribution in [0.25, 0.3) is 11.3 Å². The van der Waals surface area contributed by atoms with Gasteiger partial charge in [0, 0.05) is 30.9 Å². The molecule has 2 aliphatic heterocycles. The van der Waals surface area contributed by atoms with Crippen molar-refractivity contribution in [3.05, 3.63) is 76.2 Å². The van der Waals surface area contributed by atoms with E-state index in [1.165, 1.54) is 22.0 Å². The summed E-state index contributed by atoms with van der Waals surface area (Å²) >= 11 is 1.30. The largest absolute Gasteiger partial charge is 0.352 e. The van der Waals surface area contributed by atoms with E-state index in [0.717, 1.165) is 4.88 Å². The minimum atomic E-state index is -0.935. The predicted octanol–water partition coefficient (Wildman–Crippen LogP) is 3.49. The maximum absolute atomic E-state index is 14.1. The third kappa shape index (κ3) is 6.42. The zero-order chi connectivity index (χ0) is 35.4. The second-order valence-electron chi connectivity index (χ2n) is 12.8. The van der Waals surface area contributed by atoms with E-state index in [-0.39, 0.29) is 24.5 Å². The van der Waals surface area contributed by atoms with Crippen molar-refractivity contribution in [3.8, 4) is 0 Å². The minimum absolute atomic E-state index is 0.216. The lowest BCUT2D eigenvalue weighted by Gasteiger charge is -2.16. The van der Waals surface area contributed by atoms with E-state index in [1.807, 2.05) is 40.3 Å². The maximum Gasteiger partial charge on any atom is 0.308 e. The van der Waals surface area contributed by atoms with E-state index in [9.17, 15) is 18.4 Å². The van der Waals surface area contributed by atoms with Gasteiger partial charge in [-0.3, -0.25) is 14.9 Å². The summed E-state index contributed by atoms with van der Waals surface area (Å²) in [6.45, 7) is 7.32. The van der Waals surface area contributed by atoms with Gasteiger partial charge < -0.3 is 15.1 Å². The Bertz CT molecular complexity index is 2300. The number of nitrogens with one attached hydrogen (secondary N) is 2. The highest BCUT2D eigenvalue weighted by molar-refractivity contribution is 7.15. The van der Waals surface area contributed by atoms with Crippen LogP contribution in [-0.2, 0) is 6.54 Å². The zero-order valence-corrected chi connectivity index (χ0v) is 28.9. The normalized spacial score (nSPS) is 17.6. The van der Waals surface area contributed by atoms with E-state index in [1.54, 1.807) is 35.8 Å². The zero-order valence-electron chi connectivity index (χ0n) is 28.0. The second kappa shape index (κ2) is 12.9. The Hall–Kier alpha value is -5.65. The molecule has 8 rings (SSSR count). The van der Waals surface area contributed by atoms with Crippen LogP contribution < -0.4 is 25.0 Å². The molecule has 2 N–H and O–H groups in total. The molecule has 2 unspecified atom stereocenters. The Morgan fingerprint density at radius 2 is 1.57 bits per heavy atom. The number of alkyl halides is 2. The SMILES string of the molecule is Cc1cc(NC(=O)c2c[n+](Cc3sc(NC(=O)c4cnc5ccc(N6CCC(F)C6)nn45)nc3C)c3ccc(N4CCC(F)C4)nn23)nc(C)n1. The molecular formula is C33H34F2N13O2S+. The van der Waals surface area contributed by atoms with Crippen molar-refractivity contribution < 1.29 is 22.9 Å². The summed E-state index contributed by atoms with van der Waals surface area (Å²) < 4.78 is 32.8. The summed E-state index contributed by atoms with van der Waals surface area (Å²) in [5, 5.41) is 15.5. The number of thiazole rings is 1. The first-order valence-corrected chi connectivity index (χ1v) is 17.4. The lowest BCUT2D eigenvalue weighted by atomic mass is 10.3. The van der Waals surface area contributed by atoms with Crippen LogP contribution in [0.3, 0.4) is 0 Å². The van der Waals surface area contributed by atoms with Crippen LogP contribution in [-0.4, -0.2) is 89.5 Å². The third-order valence-corrected chi connectivity index (χ3v) is 10.0. The fraction of sp³-hybridized carbons (Fsp3) is 0.364. The van der Waals surface area contributed by atoms with Gasteiger partial charge in [0.25, 0.3) is 11.6 Å². The Balaban J connectivity index is 1.07. The van der Waals surface area contributed by atoms with Crippen LogP contribution in [0.4, 0.5) is 31.4 Å². The molecule has 0 spiro atoms. The molecule has 2 saturated heterocycles. The molecule has 6 aromatic rings. The summed E-state index contributed by atoms with van der Waals surface area (Å²) in [6, 6.07) is 8.89. The number of carbonyl (C=O) groups is 2. The molecule has 0 saturated carbocycles. The number of rotatable bonds is 8. The topological polar surface area (TPSA) is 155 Å². The molecule has 8 heterocycles. The van der Waals surface area contributed by atoms with Gasteiger partial charge in [-0.05, 0) is 51.8 Å². The standard InChI is InChI=1S/C33H33F2N13O2S/c1-18-12-26(39-20(3)37-18)40-32(50)24-16-46(30-7-6-29(43-48(24)30)45-11-9-22(35)15-45)17-25-19(2)38-33(51-25)41-31(49)23-13-36-27-4-5-28(42-47(23)27)44-10-8-21(34)14-44/h4-7,12-13,16,21-22H,8-11,14-15,17H2,1-3H3,(H-,37,38,39,40,41,49,50)/p+1. The van der Waals surface area contributed by atoms with Crippen LogP contribution in [0.2, 0.25) is 0 Å². The van der Waals surface area contributed by atoms with Gasteiger partial charge >= 0.3 is 11.6 Å². The van der Waals surface area contributed by atoms with Crippen LogP contribution in [0.5, 0.6) is 0 Å². The predicted molar refractivity (Wildman–Crippen MR) is 185 cm³/mol. The van der Waals surface area contributed by atoms with E-state index >= 15 is 0 Å². The highest BCUT2D eigenvalue weighted by Gasteiger charge is 2.30. The van der Waals surface area contributed by atoms with Crippen LogP contribution in [0, 0.1) is 20.8 Å². The number of carbonyl (C=O) groups excluding carboxylic acids is 2. The summed E-state index contributed by atoms with van der Waals surface area (Å²) in [6.07, 6.45) is 2.16. The van der Waals surface area contributed by atoms with Gasteiger partial charge in [0.15, 0.2) is 22.3 Å². The van der Waals surface area contributed by atoms with Crippen molar-refractivity contribution in [2.45, 2.75) is 52.5 Å². The van der Waals surface area contributed by atoms with Crippen LogP contribution in [0.15, 0.2) is 42.7 Å². The Morgan fingerprint density at radius 1 is 0.882 bits per heavy atom. The third-order valence-electron chi connectivity index (χ3n) is 8.96. The molecule has 2 atom stereocenters. The number of anilines is 4. The molecule has 18 heteroatoms. The first-order valence-electron chi connectivity index (χ1n) is 16.5. The maximum atomic E-state index is 14.1. The fourth-order valence-electron chi connectivity index (χ4n) is 6.46. The van der Waals surface area contributed by atoms with E-state index in [0.29, 0.717) is 83.6 Å². The van der Waals surface area contributed by atoms with E-state index in [2.05, 4.69) is 35.7 Å². The van der Waals surface area contributed by atoms with Crippen molar-refractivity contribution >= 4 is 57.0 Å². The van der Waals surface area contributed by atoms with Gasteiger partial charge in [-0.15, -0.1) is 5.10 Å². The first-order chi connectivity index (χ1) is 24.6. The average Bonchev–Trinajstić information content (AvgIpc) is 3.92. The molecular weight excluding hydrogens is 681 g/mol. The average molecular weight is 715 g/mol. The van der Waals surface area contributed by atoms with Crippen molar-refractivity contribution in [1.82, 2.24) is 39.2 Å². The lowest BCUT2D eigenvalue weighted by Crippen LogP contribution is -2.33. The number of nitrogens with zero attached hydrogens (tertiary/aromatic N) is 11. The van der Waals surface area contributed by atoms with Crippen LogP contribution >= 0.6 is 11.3 Å². The fourth-order valence-corrected chi connectivity index (χ4v) is 7.42. The number of fused-ring (bicyclic) bond motifs is 2. The van der Waals surface area contributed by atoms with Crippen molar-refractivity contribution in [2.75, 3.05) is 46.6 Å². The first kappa shape index (κ1) is 32.5. The Kier molecular flexibility index (Phi) is 8.24. The number of halogens is 2. The van der Waals surface area contributed by atoms with Gasteiger partial charge in [0.1, 0.15) is 42.5 Å². The van der Waals surface area contributed by atoms with Crippen molar-refractivity contribution in [1.29, 1.82) is 0 Å². The number of imidazole rings is 2. The molecule has 2 fully saturated rings. The number of hydrogen-bond donors (Lipinski definition) is 2. The summed E-state index contributed by atoms with van der Waals surface area (Å²) in [5.74, 6) is 1.16. The molecule has 0 bridgehead atoms. The van der Waals surface area contributed by atoms with E-state index < -0.39 is 24.2 Å². The van der Waals surface area contributed by atoms with Gasteiger partial charge in [-0.25, -0.2) is 37.8 Å². The molecule has 2 amide bonds. The lowest BCUT2D eigenvalue weighted by molar-refractivity contribution is -0.661. The molecule has 2 aliphatic rings. The number of hydrogen-bond acceptors (Lipinski definition) is 11. The quantitative estimate of drug-likeness (QED) is 0.224. The highest BCUT2D eigenvalue weighted by Crippen LogP contribution is 2.26. The van der Waals surface area contributed by atoms with Crippen LogP contribution in [0.1, 0.15) is 55.9 Å². The molecule has 0 aromatic carbocycles. The summed E-state index contributed by atoms with van der Waals surface area (Å²) in [4.78, 5) is 49.2. The molecule has 51 heavy (non-hydrogen) atoms. The second-order valence-corrected chi connectivity index (χ2v) is 13.8. The van der Waals surface area contributed by atoms with Gasteiger partial charge in [-0.1, -0.05) is 21.0 Å². The number of aromatic nitrogens is 9. The molecule has 0 aliphatic carbocycles. The Morgan fingerprint density at radius 3 is 2.25 bits per heavy atom.